The van der Waals surface area contributed by atoms with Gasteiger partial charge in [-0.05, 0) is 35.4 Å². The topological polar surface area (TPSA) is 46.5 Å². The Morgan fingerprint density at radius 3 is 2.05 bits per heavy atom. The van der Waals surface area contributed by atoms with Crippen LogP contribution in [0, 0.1) is 0 Å². The molecule has 0 spiro atoms. The van der Waals surface area contributed by atoms with Crippen LogP contribution in [0.25, 0.3) is 11.1 Å². The third-order valence-electron chi connectivity index (χ3n) is 2.68. The standard InChI is InChI=1S/C16H13ClO3/c1-11(17)10-20-16(19)14-4-2-12(3-5-14)13-6-8-15(18)9-7-13/h2-9,18H,1,10H2. The summed E-state index contributed by atoms with van der Waals surface area (Å²) in [5, 5.41) is 9.52. The molecule has 0 aliphatic rings. The predicted octanol–water partition coefficient (Wildman–Crippen LogP) is 3.97. The third kappa shape index (κ3) is 3.62. The van der Waals surface area contributed by atoms with Crippen LogP contribution in [0.5, 0.6) is 5.75 Å². The van der Waals surface area contributed by atoms with Gasteiger partial charge < -0.3 is 9.84 Å². The second-order valence-electron chi connectivity index (χ2n) is 4.22. The molecule has 0 aliphatic heterocycles. The number of esters is 1. The Morgan fingerprint density at radius 2 is 1.55 bits per heavy atom. The van der Waals surface area contributed by atoms with E-state index in [0.717, 1.165) is 11.1 Å². The molecule has 2 aromatic rings. The smallest absolute Gasteiger partial charge is 0.338 e. The number of phenolic OH excluding ortho intramolecular Hbond substituents is 1. The largest absolute Gasteiger partial charge is 0.508 e. The first-order chi connectivity index (χ1) is 9.56. The number of rotatable bonds is 4. The highest BCUT2D eigenvalue weighted by Gasteiger charge is 2.07. The minimum absolute atomic E-state index is 0.000102. The normalized spacial score (nSPS) is 10.1. The highest BCUT2D eigenvalue weighted by Crippen LogP contribution is 2.22. The van der Waals surface area contributed by atoms with Gasteiger partial charge in [-0.1, -0.05) is 42.4 Å². The Labute approximate surface area is 122 Å². The summed E-state index contributed by atoms with van der Waals surface area (Å²) in [6, 6.07) is 13.8. The van der Waals surface area contributed by atoms with E-state index in [-0.39, 0.29) is 17.4 Å². The average molecular weight is 289 g/mol. The SMILES string of the molecule is C=C(Cl)COC(=O)c1ccc(-c2ccc(O)cc2)cc1. The lowest BCUT2D eigenvalue weighted by Gasteiger charge is -2.05. The fourth-order valence-corrected chi connectivity index (χ4v) is 1.73. The van der Waals surface area contributed by atoms with Crippen molar-refractivity contribution >= 4 is 17.6 Å². The number of halogens is 1. The summed E-state index contributed by atoms with van der Waals surface area (Å²) in [5.74, 6) is -0.223. The van der Waals surface area contributed by atoms with Crippen LogP contribution >= 0.6 is 11.6 Å². The summed E-state index contributed by atoms with van der Waals surface area (Å²) >= 11 is 5.54. The fourth-order valence-electron chi connectivity index (χ4n) is 1.68. The van der Waals surface area contributed by atoms with Crippen molar-refractivity contribution in [3.05, 3.63) is 65.7 Å². The molecule has 0 amide bonds. The summed E-state index contributed by atoms with van der Waals surface area (Å²) in [6.45, 7) is 3.45. The molecule has 0 aliphatic carbocycles. The van der Waals surface area contributed by atoms with E-state index < -0.39 is 5.97 Å². The van der Waals surface area contributed by atoms with E-state index >= 15 is 0 Å². The lowest BCUT2D eigenvalue weighted by Crippen LogP contribution is -2.06. The van der Waals surface area contributed by atoms with Gasteiger partial charge in [0, 0.05) is 5.03 Å². The number of benzene rings is 2. The number of hydrogen-bond acceptors (Lipinski definition) is 3. The zero-order valence-electron chi connectivity index (χ0n) is 10.7. The van der Waals surface area contributed by atoms with E-state index in [0.29, 0.717) is 5.56 Å². The first-order valence-corrected chi connectivity index (χ1v) is 6.34. The second-order valence-corrected chi connectivity index (χ2v) is 4.75. The maximum Gasteiger partial charge on any atom is 0.338 e. The fraction of sp³-hybridized carbons (Fsp3) is 0.0625. The first kappa shape index (κ1) is 14.2. The van der Waals surface area contributed by atoms with Gasteiger partial charge in [0.1, 0.15) is 12.4 Å². The molecular formula is C16H13ClO3. The number of carbonyl (C=O) groups is 1. The van der Waals surface area contributed by atoms with Crippen molar-refractivity contribution in [3.63, 3.8) is 0 Å². The van der Waals surface area contributed by atoms with E-state index in [1.165, 1.54) is 0 Å². The van der Waals surface area contributed by atoms with Crippen LogP contribution in [0.3, 0.4) is 0 Å². The Balaban J connectivity index is 2.11. The molecule has 0 saturated heterocycles. The van der Waals surface area contributed by atoms with Crippen molar-refractivity contribution < 1.29 is 14.6 Å². The Morgan fingerprint density at radius 1 is 1.05 bits per heavy atom. The molecule has 4 heteroatoms. The van der Waals surface area contributed by atoms with E-state index in [4.69, 9.17) is 16.3 Å². The predicted molar refractivity (Wildman–Crippen MR) is 78.8 cm³/mol. The first-order valence-electron chi connectivity index (χ1n) is 5.96. The van der Waals surface area contributed by atoms with Crippen molar-refractivity contribution in [2.75, 3.05) is 6.61 Å². The Kier molecular flexibility index (Phi) is 4.43. The lowest BCUT2D eigenvalue weighted by molar-refractivity contribution is 0.0546. The van der Waals surface area contributed by atoms with Gasteiger partial charge in [0.05, 0.1) is 5.56 Å². The highest BCUT2D eigenvalue weighted by atomic mass is 35.5. The molecule has 2 rings (SSSR count). The van der Waals surface area contributed by atoms with Crippen LogP contribution in [0.1, 0.15) is 10.4 Å². The zero-order valence-corrected chi connectivity index (χ0v) is 11.4. The summed E-state index contributed by atoms with van der Waals surface area (Å²) in [4.78, 5) is 11.7. The molecule has 0 atom stereocenters. The van der Waals surface area contributed by atoms with Crippen LogP contribution in [-0.2, 0) is 4.74 Å². The maximum absolute atomic E-state index is 11.7. The second kappa shape index (κ2) is 6.26. The molecule has 1 N–H and O–H groups in total. The summed E-state index contributed by atoms with van der Waals surface area (Å²) < 4.78 is 4.95. The van der Waals surface area contributed by atoms with Crippen LogP contribution in [-0.4, -0.2) is 17.7 Å². The zero-order chi connectivity index (χ0) is 14.5. The molecule has 0 fully saturated rings. The number of carbonyl (C=O) groups excluding carboxylic acids is 1. The van der Waals surface area contributed by atoms with Gasteiger partial charge in [-0.25, -0.2) is 4.79 Å². The van der Waals surface area contributed by atoms with Gasteiger partial charge in [-0.2, -0.15) is 0 Å². The average Bonchev–Trinajstić information content (AvgIpc) is 2.46. The molecule has 0 radical (unpaired) electrons. The number of hydrogen-bond donors (Lipinski definition) is 1. The molecule has 2 aromatic carbocycles. The molecule has 20 heavy (non-hydrogen) atoms. The van der Waals surface area contributed by atoms with E-state index in [1.807, 2.05) is 12.1 Å². The van der Waals surface area contributed by atoms with Crippen LogP contribution < -0.4 is 0 Å². The number of phenols is 1. The van der Waals surface area contributed by atoms with Crippen molar-refractivity contribution in [3.8, 4) is 16.9 Å². The van der Waals surface area contributed by atoms with Gasteiger partial charge in [-0.15, -0.1) is 0 Å². The van der Waals surface area contributed by atoms with Crippen LogP contribution in [0.2, 0.25) is 0 Å². The molecule has 0 saturated carbocycles. The van der Waals surface area contributed by atoms with E-state index in [1.54, 1.807) is 36.4 Å². The highest BCUT2D eigenvalue weighted by molar-refractivity contribution is 6.29. The van der Waals surface area contributed by atoms with Crippen molar-refractivity contribution in [2.24, 2.45) is 0 Å². The molecule has 0 unspecified atom stereocenters. The quantitative estimate of drug-likeness (QED) is 0.866. The Hall–Kier alpha value is -2.26. The van der Waals surface area contributed by atoms with Crippen LogP contribution in [0.4, 0.5) is 0 Å². The van der Waals surface area contributed by atoms with Crippen LogP contribution in [0.15, 0.2) is 60.1 Å². The molecule has 102 valence electrons. The number of aromatic hydroxyl groups is 1. The molecule has 0 bridgehead atoms. The minimum atomic E-state index is -0.441. The van der Waals surface area contributed by atoms with E-state index in [9.17, 15) is 9.90 Å². The lowest BCUT2D eigenvalue weighted by atomic mass is 10.0. The van der Waals surface area contributed by atoms with Crippen molar-refractivity contribution in [2.45, 2.75) is 0 Å². The monoisotopic (exact) mass is 288 g/mol. The maximum atomic E-state index is 11.7. The number of ether oxygens (including phenoxy) is 1. The molecular weight excluding hydrogens is 276 g/mol. The van der Waals surface area contributed by atoms with Crippen molar-refractivity contribution in [1.29, 1.82) is 0 Å². The van der Waals surface area contributed by atoms with E-state index in [2.05, 4.69) is 6.58 Å². The van der Waals surface area contributed by atoms with Gasteiger partial charge in [0.25, 0.3) is 0 Å². The van der Waals surface area contributed by atoms with Gasteiger partial charge in [-0.3, -0.25) is 0 Å². The minimum Gasteiger partial charge on any atom is -0.508 e. The van der Waals surface area contributed by atoms with Gasteiger partial charge in [0.2, 0.25) is 0 Å². The Bertz CT molecular complexity index is 615. The van der Waals surface area contributed by atoms with Gasteiger partial charge in [0.15, 0.2) is 0 Å². The van der Waals surface area contributed by atoms with Gasteiger partial charge >= 0.3 is 5.97 Å². The molecule has 0 aromatic heterocycles. The third-order valence-corrected chi connectivity index (χ3v) is 2.79. The molecule has 0 heterocycles. The molecule has 3 nitrogen and oxygen atoms in total. The van der Waals surface area contributed by atoms with Crippen molar-refractivity contribution in [1.82, 2.24) is 0 Å². The summed E-state index contributed by atoms with van der Waals surface area (Å²) in [7, 11) is 0. The summed E-state index contributed by atoms with van der Waals surface area (Å²) in [5.41, 5.74) is 2.35. The summed E-state index contributed by atoms with van der Waals surface area (Å²) in [6.07, 6.45) is 0.